The maximum Gasteiger partial charge on any atom is 0.197 e. The molecule has 0 aliphatic heterocycles. The highest BCUT2D eigenvalue weighted by Gasteiger charge is 2.23. The molecule has 4 nitrogen and oxygen atoms in total. The average Bonchev–Trinajstić information content (AvgIpc) is 3.79. The van der Waals surface area contributed by atoms with Gasteiger partial charge in [0.15, 0.2) is 11.3 Å². The standard InChI is InChI=1S/C43H25N3O/c1-44-35-20-12-24-39(46-37-22-9-5-15-28(37)29-16-6-10-23-38(29)46)40(35)34-19-11-18-32-33-26-25-31-30-17-7-8-21-36(30)45(27-13-3-2-4-14-27)41(31)43(33)47-42(32)34/h2-26H. The van der Waals surface area contributed by atoms with Gasteiger partial charge in [0.05, 0.1) is 28.6 Å². The van der Waals surface area contributed by atoms with E-state index in [0.717, 1.165) is 71.9 Å². The molecule has 0 unspecified atom stereocenters. The van der Waals surface area contributed by atoms with Gasteiger partial charge in [-0.15, -0.1) is 0 Å². The van der Waals surface area contributed by atoms with E-state index in [1.807, 2.05) is 18.2 Å². The zero-order chi connectivity index (χ0) is 31.1. The van der Waals surface area contributed by atoms with Gasteiger partial charge in [-0.3, -0.25) is 0 Å². The highest BCUT2D eigenvalue weighted by atomic mass is 16.3. The van der Waals surface area contributed by atoms with E-state index in [4.69, 9.17) is 11.0 Å². The topological polar surface area (TPSA) is 27.4 Å². The van der Waals surface area contributed by atoms with E-state index in [-0.39, 0.29) is 0 Å². The number of nitrogens with zero attached hydrogens (tertiary/aromatic N) is 3. The van der Waals surface area contributed by atoms with Gasteiger partial charge in [-0.2, -0.15) is 0 Å². The van der Waals surface area contributed by atoms with Gasteiger partial charge in [-0.05, 0) is 42.5 Å². The molecule has 7 aromatic carbocycles. The molecule has 10 aromatic rings. The summed E-state index contributed by atoms with van der Waals surface area (Å²) in [5.41, 5.74) is 10.4. The molecule has 0 aliphatic carbocycles. The summed E-state index contributed by atoms with van der Waals surface area (Å²) < 4.78 is 11.7. The highest BCUT2D eigenvalue weighted by molar-refractivity contribution is 6.23. The third kappa shape index (κ3) is 3.51. The Kier molecular flexibility index (Phi) is 5.32. The molecule has 0 atom stereocenters. The molecule has 3 heterocycles. The summed E-state index contributed by atoms with van der Waals surface area (Å²) in [6.45, 7) is 8.27. The number of hydrogen-bond acceptors (Lipinski definition) is 1. The minimum Gasteiger partial charge on any atom is -0.453 e. The SMILES string of the molecule is [C-]#[N+]c1cccc(-n2c3ccccc3c3ccccc32)c1-c1cccc2c1oc1c2ccc2c3ccccc3n(-c3ccccc3)c21. The monoisotopic (exact) mass is 599 g/mol. The van der Waals surface area contributed by atoms with E-state index in [1.54, 1.807) is 0 Å². The van der Waals surface area contributed by atoms with Crippen molar-refractivity contribution in [2.24, 2.45) is 0 Å². The van der Waals surface area contributed by atoms with Crippen molar-refractivity contribution >= 4 is 71.2 Å². The fourth-order valence-corrected chi connectivity index (χ4v) is 7.61. The molecule has 0 saturated carbocycles. The van der Waals surface area contributed by atoms with Crippen LogP contribution >= 0.6 is 0 Å². The molecule has 0 aliphatic rings. The van der Waals surface area contributed by atoms with E-state index >= 15 is 0 Å². The van der Waals surface area contributed by atoms with Crippen LogP contribution in [0.3, 0.4) is 0 Å². The van der Waals surface area contributed by atoms with Crippen LogP contribution in [-0.4, -0.2) is 9.13 Å². The van der Waals surface area contributed by atoms with Crippen LogP contribution in [0.1, 0.15) is 0 Å². The summed E-state index contributed by atoms with van der Waals surface area (Å²) >= 11 is 0. The molecular weight excluding hydrogens is 574 g/mol. The number of fused-ring (bicyclic) bond motifs is 10. The van der Waals surface area contributed by atoms with Crippen LogP contribution in [0, 0.1) is 6.57 Å². The van der Waals surface area contributed by atoms with E-state index in [9.17, 15) is 0 Å². The summed E-state index contributed by atoms with van der Waals surface area (Å²) in [5, 5.41) is 6.76. The molecule has 10 rings (SSSR count). The summed E-state index contributed by atoms with van der Waals surface area (Å²) in [6, 6.07) is 52.7. The third-order valence-corrected chi connectivity index (χ3v) is 9.55. The number of hydrogen-bond donors (Lipinski definition) is 0. The van der Waals surface area contributed by atoms with Gasteiger partial charge in [0.2, 0.25) is 0 Å². The van der Waals surface area contributed by atoms with Gasteiger partial charge in [-0.25, -0.2) is 4.85 Å². The first-order valence-electron chi connectivity index (χ1n) is 15.7. The summed E-state index contributed by atoms with van der Waals surface area (Å²) in [5.74, 6) is 0. The van der Waals surface area contributed by atoms with Crippen molar-refractivity contribution in [2.75, 3.05) is 0 Å². The van der Waals surface area contributed by atoms with Crippen molar-refractivity contribution in [2.45, 2.75) is 0 Å². The number of para-hydroxylation sites is 5. The van der Waals surface area contributed by atoms with Gasteiger partial charge >= 0.3 is 0 Å². The lowest BCUT2D eigenvalue weighted by Crippen LogP contribution is -1.97. The Morgan fingerprint density at radius 1 is 0.447 bits per heavy atom. The van der Waals surface area contributed by atoms with Gasteiger partial charge in [0, 0.05) is 54.8 Å². The van der Waals surface area contributed by atoms with Gasteiger partial charge in [0.25, 0.3) is 0 Å². The average molecular weight is 600 g/mol. The molecule has 3 aromatic heterocycles. The van der Waals surface area contributed by atoms with Crippen LogP contribution in [0.15, 0.2) is 156 Å². The Bertz CT molecular complexity index is 2860. The number of rotatable bonds is 3. The minimum atomic E-state index is 0.584. The molecule has 4 heteroatoms. The Hall–Kier alpha value is -6.57. The molecule has 0 radical (unpaired) electrons. The van der Waals surface area contributed by atoms with Crippen molar-refractivity contribution in [1.29, 1.82) is 0 Å². The molecule has 0 spiro atoms. The molecule has 0 bridgehead atoms. The molecular formula is C43H25N3O. The first-order valence-corrected chi connectivity index (χ1v) is 15.7. The molecule has 218 valence electrons. The van der Waals surface area contributed by atoms with Crippen molar-refractivity contribution in [3.05, 3.63) is 163 Å². The number of furan rings is 1. The summed E-state index contributed by atoms with van der Waals surface area (Å²) in [6.07, 6.45) is 0. The van der Waals surface area contributed by atoms with E-state index in [1.165, 1.54) is 16.2 Å². The van der Waals surface area contributed by atoms with Crippen molar-refractivity contribution < 1.29 is 4.42 Å². The maximum absolute atomic E-state index is 8.27. The van der Waals surface area contributed by atoms with Crippen molar-refractivity contribution in [3.63, 3.8) is 0 Å². The fourth-order valence-electron chi connectivity index (χ4n) is 7.61. The summed E-state index contributed by atoms with van der Waals surface area (Å²) in [4.78, 5) is 4.06. The Morgan fingerprint density at radius 2 is 1.00 bits per heavy atom. The second-order valence-corrected chi connectivity index (χ2v) is 12.0. The quantitative estimate of drug-likeness (QED) is 0.186. The predicted octanol–water partition coefficient (Wildman–Crippen LogP) is 12.0. The van der Waals surface area contributed by atoms with Gasteiger partial charge < -0.3 is 13.6 Å². The van der Waals surface area contributed by atoms with Crippen LogP contribution in [-0.2, 0) is 0 Å². The van der Waals surface area contributed by atoms with Crippen molar-refractivity contribution in [1.82, 2.24) is 9.13 Å². The predicted molar refractivity (Wildman–Crippen MR) is 194 cm³/mol. The van der Waals surface area contributed by atoms with Crippen LogP contribution in [0.5, 0.6) is 0 Å². The second kappa shape index (κ2) is 9.71. The summed E-state index contributed by atoms with van der Waals surface area (Å²) in [7, 11) is 0. The zero-order valence-corrected chi connectivity index (χ0v) is 25.2. The number of aromatic nitrogens is 2. The smallest absolute Gasteiger partial charge is 0.197 e. The normalized spacial score (nSPS) is 11.8. The maximum atomic E-state index is 8.27. The lowest BCUT2D eigenvalue weighted by Gasteiger charge is -2.16. The van der Waals surface area contributed by atoms with Gasteiger partial charge in [-0.1, -0.05) is 109 Å². The van der Waals surface area contributed by atoms with Crippen molar-refractivity contribution in [3.8, 4) is 22.5 Å². The molecule has 0 saturated heterocycles. The zero-order valence-electron chi connectivity index (χ0n) is 25.2. The first kappa shape index (κ1) is 25.7. The van der Waals surface area contributed by atoms with Crippen LogP contribution in [0.2, 0.25) is 0 Å². The first-order chi connectivity index (χ1) is 23.3. The fraction of sp³-hybridized carbons (Fsp3) is 0. The molecule has 0 amide bonds. The molecule has 47 heavy (non-hydrogen) atoms. The minimum absolute atomic E-state index is 0.584. The molecule has 0 fully saturated rings. The lowest BCUT2D eigenvalue weighted by molar-refractivity contribution is 0.672. The molecule has 0 N–H and O–H groups in total. The van der Waals surface area contributed by atoms with E-state index in [2.05, 4.69) is 147 Å². The Balaban J connectivity index is 1.34. The van der Waals surface area contributed by atoms with Crippen LogP contribution < -0.4 is 0 Å². The number of benzene rings is 7. The van der Waals surface area contributed by atoms with Crippen LogP contribution in [0.25, 0.3) is 92.9 Å². The Labute approximate surface area is 269 Å². The third-order valence-electron chi connectivity index (χ3n) is 9.55. The van der Waals surface area contributed by atoms with Gasteiger partial charge in [0.1, 0.15) is 5.58 Å². The van der Waals surface area contributed by atoms with Crippen LogP contribution in [0.4, 0.5) is 5.69 Å². The van der Waals surface area contributed by atoms with E-state index < -0.39 is 0 Å². The lowest BCUT2D eigenvalue weighted by atomic mass is 9.98. The second-order valence-electron chi connectivity index (χ2n) is 12.0. The van der Waals surface area contributed by atoms with E-state index in [0.29, 0.717) is 5.69 Å². The Morgan fingerprint density at radius 3 is 1.70 bits per heavy atom. The largest absolute Gasteiger partial charge is 0.453 e. The highest BCUT2D eigenvalue weighted by Crippen LogP contribution is 2.46.